The summed E-state index contributed by atoms with van der Waals surface area (Å²) in [5.41, 5.74) is 1.28. The van der Waals surface area contributed by atoms with Gasteiger partial charge in [0.15, 0.2) is 0 Å². The van der Waals surface area contributed by atoms with E-state index < -0.39 is 6.10 Å². The van der Waals surface area contributed by atoms with E-state index in [1.54, 1.807) is 18.2 Å². The van der Waals surface area contributed by atoms with Crippen molar-refractivity contribution in [3.05, 3.63) is 29.3 Å². The summed E-state index contributed by atoms with van der Waals surface area (Å²) in [5.74, 6) is 0.0246. The molecule has 0 aromatic heterocycles. The number of hydrogen-bond donors (Lipinski definition) is 3. The van der Waals surface area contributed by atoms with E-state index in [4.69, 9.17) is 5.11 Å². The lowest BCUT2D eigenvalue weighted by Crippen LogP contribution is -2.02. The van der Waals surface area contributed by atoms with Gasteiger partial charge >= 0.3 is 0 Å². The average molecular weight is 168 g/mol. The molecule has 1 atom stereocenters. The Morgan fingerprint density at radius 1 is 1.42 bits per heavy atom. The van der Waals surface area contributed by atoms with Gasteiger partial charge in [0.05, 0.1) is 6.61 Å². The van der Waals surface area contributed by atoms with Crippen LogP contribution in [0.15, 0.2) is 18.2 Å². The predicted molar refractivity (Wildman–Crippen MR) is 44.9 cm³/mol. The van der Waals surface area contributed by atoms with Gasteiger partial charge in [-0.25, -0.2) is 0 Å². The summed E-state index contributed by atoms with van der Waals surface area (Å²) >= 11 is 0. The van der Waals surface area contributed by atoms with Gasteiger partial charge in [0.2, 0.25) is 0 Å². The third-order valence-corrected chi connectivity index (χ3v) is 1.72. The first-order valence-electron chi connectivity index (χ1n) is 3.73. The van der Waals surface area contributed by atoms with Crippen LogP contribution in [0.25, 0.3) is 0 Å². The van der Waals surface area contributed by atoms with Crippen LogP contribution < -0.4 is 0 Å². The molecule has 0 radical (unpaired) electrons. The number of aromatic hydroxyl groups is 1. The number of hydrogen-bond acceptors (Lipinski definition) is 3. The van der Waals surface area contributed by atoms with E-state index in [-0.39, 0.29) is 12.4 Å². The first-order chi connectivity index (χ1) is 5.65. The number of aliphatic hydroxyl groups is 2. The highest BCUT2D eigenvalue weighted by Gasteiger charge is 2.09. The summed E-state index contributed by atoms with van der Waals surface area (Å²) in [4.78, 5) is 0. The molecule has 1 aromatic rings. The second-order valence-corrected chi connectivity index (χ2v) is 2.76. The summed E-state index contributed by atoms with van der Waals surface area (Å²) in [5, 5.41) is 27.1. The van der Waals surface area contributed by atoms with Crippen LogP contribution in [-0.4, -0.2) is 21.9 Å². The first kappa shape index (κ1) is 9.03. The van der Waals surface area contributed by atoms with Gasteiger partial charge < -0.3 is 15.3 Å². The van der Waals surface area contributed by atoms with Crippen molar-refractivity contribution in [3.8, 4) is 5.75 Å². The number of phenols is 1. The Kier molecular flexibility index (Phi) is 2.68. The largest absolute Gasteiger partial charge is 0.508 e. The monoisotopic (exact) mass is 168 g/mol. The van der Waals surface area contributed by atoms with E-state index in [1.165, 1.54) is 0 Å². The fourth-order valence-electron chi connectivity index (χ4n) is 1.03. The van der Waals surface area contributed by atoms with Crippen molar-refractivity contribution in [1.29, 1.82) is 0 Å². The van der Waals surface area contributed by atoms with Gasteiger partial charge in [-0.2, -0.15) is 0 Å². The van der Waals surface area contributed by atoms with Crippen molar-refractivity contribution < 1.29 is 15.3 Å². The summed E-state index contributed by atoms with van der Waals surface area (Å²) in [6.45, 7) is 1.46. The highest BCUT2D eigenvalue weighted by Crippen LogP contribution is 2.24. The van der Waals surface area contributed by atoms with E-state index >= 15 is 0 Å². The SMILES string of the molecule is Cc1ccc(C(O)CO)c(O)c1. The number of aliphatic hydroxyl groups excluding tert-OH is 2. The van der Waals surface area contributed by atoms with E-state index in [9.17, 15) is 10.2 Å². The second kappa shape index (κ2) is 3.56. The van der Waals surface area contributed by atoms with Crippen LogP contribution in [-0.2, 0) is 0 Å². The molecule has 3 heteroatoms. The van der Waals surface area contributed by atoms with Crippen LogP contribution in [0.1, 0.15) is 17.2 Å². The first-order valence-corrected chi connectivity index (χ1v) is 3.73. The molecule has 66 valence electrons. The molecule has 3 N–H and O–H groups in total. The van der Waals surface area contributed by atoms with Gasteiger partial charge in [-0.15, -0.1) is 0 Å². The predicted octanol–water partition coefficient (Wildman–Crippen LogP) is 0.726. The molecule has 0 spiro atoms. The Morgan fingerprint density at radius 2 is 2.08 bits per heavy atom. The Balaban J connectivity index is 3.01. The molecule has 0 heterocycles. The summed E-state index contributed by atoms with van der Waals surface area (Å²) in [6, 6.07) is 4.92. The minimum atomic E-state index is -0.995. The van der Waals surface area contributed by atoms with Crippen LogP contribution >= 0.6 is 0 Å². The normalized spacial score (nSPS) is 12.9. The number of aryl methyl sites for hydroxylation is 1. The quantitative estimate of drug-likeness (QED) is 0.610. The standard InChI is InChI=1S/C9H12O3/c1-6-2-3-7(8(11)4-6)9(12)5-10/h2-4,9-12H,5H2,1H3. The average Bonchev–Trinajstić information content (AvgIpc) is 2.03. The molecule has 0 saturated heterocycles. The van der Waals surface area contributed by atoms with Crippen molar-refractivity contribution in [2.75, 3.05) is 6.61 Å². The molecule has 1 aromatic carbocycles. The Labute approximate surface area is 70.9 Å². The van der Waals surface area contributed by atoms with Gasteiger partial charge in [-0.3, -0.25) is 0 Å². The summed E-state index contributed by atoms with van der Waals surface area (Å²) in [6.07, 6.45) is -0.995. The number of rotatable bonds is 2. The lowest BCUT2D eigenvalue weighted by molar-refractivity contribution is 0.0935. The minimum Gasteiger partial charge on any atom is -0.508 e. The molecule has 0 aliphatic heterocycles. The molecule has 0 amide bonds. The molecule has 3 nitrogen and oxygen atoms in total. The fraction of sp³-hybridized carbons (Fsp3) is 0.333. The van der Waals surface area contributed by atoms with Crippen molar-refractivity contribution in [2.24, 2.45) is 0 Å². The highest BCUT2D eigenvalue weighted by molar-refractivity contribution is 5.37. The molecule has 0 aliphatic rings. The van der Waals surface area contributed by atoms with Crippen molar-refractivity contribution in [3.63, 3.8) is 0 Å². The summed E-state index contributed by atoms with van der Waals surface area (Å²) < 4.78 is 0. The van der Waals surface area contributed by atoms with E-state index in [2.05, 4.69) is 0 Å². The van der Waals surface area contributed by atoms with Gasteiger partial charge in [0.25, 0.3) is 0 Å². The topological polar surface area (TPSA) is 60.7 Å². The Morgan fingerprint density at radius 3 is 2.58 bits per heavy atom. The zero-order chi connectivity index (χ0) is 9.14. The molecule has 0 fully saturated rings. The second-order valence-electron chi connectivity index (χ2n) is 2.76. The third kappa shape index (κ3) is 1.75. The molecule has 1 unspecified atom stereocenters. The van der Waals surface area contributed by atoms with Crippen LogP contribution in [0.3, 0.4) is 0 Å². The van der Waals surface area contributed by atoms with Gasteiger partial charge in [0, 0.05) is 5.56 Å². The lowest BCUT2D eigenvalue weighted by Gasteiger charge is -2.09. The molecule has 0 bridgehead atoms. The molecule has 0 aliphatic carbocycles. The maximum atomic E-state index is 9.32. The number of benzene rings is 1. The Hall–Kier alpha value is -1.06. The van der Waals surface area contributed by atoms with Crippen LogP contribution in [0.2, 0.25) is 0 Å². The van der Waals surface area contributed by atoms with Crippen LogP contribution in [0.4, 0.5) is 0 Å². The van der Waals surface area contributed by atoms with Crippen molar-refractivity contribution in [2.45, 2.75) is 13.0 Å². The zero-order valence-electron chi connectivity index (χ0n) is 6.86. The molecule has 0 saturated carbocycles. The van der Waals surface area contributed by atoms with Crippen LogP contribution in [0.5, 0.6) is 5.75 Å². The van der Waals surface area contributed by atoms with Crippen LogP contribution in [0, 0.1) is 6.92 Å². The highest BCUT2D eigenvalue weighted by atomic mass is 16.3. The molecule has 12 heavy (non-hydrogen) atoms. The molecular weight excluding hydrogens is 156 g/mol. The third-order valence-electron chi connectivity index (χ3n) is 1.72. The molecule has 1 rings (SSSR count). The van der Waals surface area contributed by atoms with Gasteiger partial charge in [-0.05, 0) is 18.6 Å². The smallest absolute Gasteiger partial charge is 0.121 e. The lowest BCUT2D eigenvalue weighted by atomic mass is 10.1. The van der Waals surface area contributed by atoms with E-state index in [0.717, 1.165) is 5.56 Å². The van der Waals surface area contributed by atoms with Gasteiger partial charge in [0.1, 0.15) is 11.9 Å². The van der Waals surface area contributed by atoms with Crippen molar-refractivity contribution >= 4 is 0 Å². The maximum Gasteiger partial charge on any atom is 0.121 e. The van der Waals surface area contributed by atoms with E-state index in [0.29, 0.717) is 5.56 Å². The molecular formula is C9H12O3. The zero-order valence-corrected chi connectivity index (χ0v) is 6.86. The number of phenolic OH excluding ortho intramolecular Hbond substituents is 1. The Bertz CT molecular complexity index is 270. The minimum absolute atomic E-state index is 0.0246. The fourth-order valence-corrected chi connectivity index (χ4v) is 1.03. The summed E-state index contributed by atoms with van der Waals surface area (Å²) in [7, 11) is 0. The maximum absolute atomic E-state index is 9.32. The van der Waals surface area contributed by atoms with E-state index in [1.807, 2.05) is 6.92 Å². The van der Waals surface area contributed by atoms with Gasteiger partial charge in [-0.1, -0.05) is 12.1 Å². The van der Waals surface area contributed by atoms with Crippen molar-refractivity contribution in [1.82, 2.24) is 0 Å².